The molecule has 80 heavy (non-hydrogen) atoms. The average molecular weight is 1020 g/mol. The van der Waals surface area contributed by atoms with Crippen LogP contribution in [-0.2, 0) is 19.3 Å². The molecule has 15 rings (SSSR count). The maximum Gasteiger partial charge on any atom is 0.0493 e. The van der Waals surface area contributed by atoms with Crippen LogP contribution in [0.15, 0.2) is 290 Å². The molecule has 380 valence electrons. The van der Waals surface area contributed by atoms with E-state index in [0.717, 1.165) is 44.2 Å². The molecule has 0 spiro atoms. The summed E-state index contributed by atoms with van der Waals surface area (Å²) in [5.74, 6) is 0. The lowest BCUT2D eigenvalue weighted by Gasteiger charge is -2.30. The minimum absolute atomic E-state index is 0.986. The Kier molecular flexibility index (Phi) is 12.0. The van der Waals surface area contributed by atoms with Crippen LogP contribution >= 0.6 is 0 Å². The molecule has 0 fully saturated rings. The highest BCUT2D eigenvalue weighted by atomic mass is 15.2. The zero-order chi connectivity index (χ0) is 52.9. The van der Waals surface area contributed by atoms with Crippen LogP contribution in [0.25, 0.3) is 88.3 Å². The molecule has 0 amide bonds. The molecule has 0 aromatic heterocycles. The average Bonchev–Trinajstić information content (AvgIpc) is 3.95. The van der Waals surface area contributed by atoms with Gasteiger partial charge in [-0.3, -0.25) is 0 Å². The highest BCUT2D eigenvalue weighted by Crippen LogP contribution is 2.51. The van der Waals surface area contributed by atoms with Gasteiger partial charge in [-0.1, -0.05) is 218 Å². The Morgan fingerprint density at radius 1 is 0.250 bits per heavy atom. The minimum Gasteiger partial charge on any atom is -0.310 e. The molecular weight excluding hydrogens is 965 g/mol. The fourth-order valence-corrected chi connectivity index (χ4v) is 13.2. The van der Waals surface area contributed by atoms with E-state index < -0.39 is 0 Å². The number of nitrogens with zero attached hydrogens (tertiary/aromatic N) is 2. The molecule has 2 heterocycles. The molecule has 0 N–H and O–H groups in total. The van der Waals surface area contributed by atoms with E-state index in [1.54, 1.807) is 0 Å². The van der Waals surface area contributed by atoms with Crippen molar-refractivity contribution in [2.75, 3.05) is 9.80 Å². The summed E-state index contributed by atoms with van der Waals surface area (Å²) in [5, 5.41) is 4.87. The summed E-state index contributed by atoms with van der Waals surface area (Å²) in [6.45, 7) is 0. The Balaban J connectivity index is 1.00. The van der Waals surface area contributed by atoms with Gasteiger partial charge in [0.1, 0.15) is 0 Å². The molecule has 3 aliphatic rings. The Hall–Kier alpha value is -9.76. The summed E-state index contributed by atoms with van der Waals surface area (Å²) in [7, 11) is 0. The lowest BCUT2D eigenvalue weighted by molar-refractivity contribution is 0.833. The Labute approximate surface area is 469 Å². The van der Waals surface area contributed by atoms with Crippen LogP contribution in [0.5, 0.6) is 0 Å². The van der Waals surface area contributed by atoms with E-state index in [9.17, 15) is 0 Å². The highest BCUT2D eigenvalue weighted by molar-refractivity contribution is 6.23. The van der Waals surface area contributed by atoms with E-state index in [-0.39, 0.29) is 0 Å². The van der Waals surface area contributed by atoms with E-state index in [4.69, 9.17) is 0 Å². The number of aryl methyl sites for hydroxylation is 3. The van der Waals surface area contributed by atoms with Crippen molar-refractivity contribution in [1.82, 2.24) is 0 Å². The van der Waals surface area contributed by atoms with Gasteiger partial charge in [0.25, 0.3) is 0 Å². The predicted molar refractivity (Wildman–Crippen MR) is 338 cm³/mol. The second-order valence-electron chi connectivity index (χ2n) is 21.7. The molecule has 2 nitrogen and oxygen atoms in total. The van der Waals surface area contributed by atoms with Crippen molar-refractivity contribution in [3.8, 4) is 66.8 Å². The third-order valence-corrected chi connectivity index (χ3v) is 17.1. The first-order chi connectivity index (χ1) is 39.7. The lowest BCUT2D eigenvalue weighted by Crippen LogP contribution is -2.18. The Morgan fingerprint density at radius 2 is 0.625 bits per heavy atom. The van der Waals surface area contributed by atoms with E-state index in [2.05, 4.69) is 289 Å². The van der Waals surface area contributed by atoms with Gasteiger partial charge in [0, 0.05) is 34.1 Å². The first-order valence-corrected chi connectivity index (χ1v) is 28.5. The molecule has 0 unspecified atom stereocenters. The predicted octanol–water partition coefficient (Wildman–Crippen LogP) is 21.3. The number of fused-ring (bicyclic) bond motifs is 5. The number of rotatable bonds is 8. The van der Waals surface area contributed by atoms with Crippen molar-refractivity contribution in [3.63, 3.8) is 0 Å². The zero-order valence-electron chi connectivity index (χ0n) is 44.7. The van der Waals surface area contributed by atoms with Crippen LogP contribution in [0.3, 0.4) is 0 Å². The van der Waals surface area contributed by atoms with Crippen molar-refractivity contribution in [1.29, 1.82) is 0 Å². The monoisotopic (exact) mass is 1020 g/mol. The van der Waals surface area contributed by atoms with Crippen LogP contribution in [0, 0.1) is 0 Å². The van der Waals surface area contributed by atoms with E-state index in [1.807, 2.05) is 0 Å². The quantitative estimate of drug-likeness (QED) is 0.140. The molecule has 1 aliphatic carbocycles. The van der Waals surface area contributed by atoms with Crippen LogP contribution in [0.2, 0.25) is 0 Å². The van der Waals surface area contributed by atoms with Crippen molar-refractivity contribution < 1.29 is 0 Å². The van der Waals surface area contributed by atoms with Gasteiger partial charge >= 0.3 is 0 Å². The second kappa shape index (κ2) is 20.2. The normalized spacial score (nSPS) is 13.8. The van der Waals surface area contributed by atoms with Crippen LogP contribution in [0.1, 0.15) is 36.0 Å². The summed E-state index contributed by atoms with van der Waals surface area (Å²) in [6, 6.07) is 99.9. The third kappa shape index (κ3) is 8.52. The number of para-hydroxylation sites is 3. The van der Waals surface area contributed by atoms with E-state index in [0.29, 0.717) is 0 Å². The van der Waals surface area contributed by atoms with Gasteiger partial charge in [-0.15, -0.1) is 0 Å². The lowest BCUT2D eigenvalue weighted by atomic mass is 9.84. The van der Waals surface area contributed by atoms with Crippen molar-refractivity contribution in [2.45, 2.75) is 38.5 Å². The number of allylic oxidation sites excluding steroid dienone is 3. The van der Waals surface area contributed by atoms with Gasteiger partial charge in [-0.2, -0.15) is 0 Å². The smallest absolute Gasteiger partial charge is 0.0493 e. The molecule has 2 heteroatoms. The molecule has 0 saturated carbocycles. The molecule has 0 saturated heterocycles. The maximum absolute atomic E-state index is 2.57. The van der Waals surface area contributed by atoms with Gasteiger partial charge in [-0.25, -0.2) is 0 Å². The highest BCUT2D eigenvalue weighted by Gasteiger charge is 2.28. The molecule has 12 aromatic rings. The fourth-order valence-electron chi connectivity index (χ4n) is 13.2. The summed E-state index contributed by atoms with van der Waals surface area (Å²) >= 11 is 0. The van der Waals surface area contributed by atoms with E-state index in [1.165, 1.54) is 139 Å². The van der Waals surface area contributed by atoms with Gasteiger partial charge in [-0.05, 0) is 210 Å². The van der Waals surface area contributed by atoms with Crippen LogP contribution < -0.4 is 9.80 Å². The minimum atomic E-state index is 0.986. The van der Waals surface area contributed by atoms with Crippen LogP contribution in [-0.4, -0.2) is 0 Å². The number of anilines is 5. The molecule has 0 radical (unpaired) electrons. The van der Waals surface area contributed by atoms with Crippen molar-refractivity contribution in [3.05, 3.63) is 307 Å². The largest absolute Gasteiger partial charge is 0.310 e. The Bertz CT molecular complexity index is 4350. The third-order valence-electron chi connectivity index (χ3n) is 17.1. The molecule has 0 bridgehead atoms. The SMILES string of the molecule is C1=CC2=C(CC1)CCc1ccccc1N2c1ccc2c(-c3cccc(-c4ccc(-c5ccccc5)cc4)c3)c3cc(N4c5ccccc5CCc5ccccc54)ccc3c(-c3cccc(-c4ccc(-c5ccccc5)cc4)c3)c2c1. The van der Waals surface area contributed by atoms with E-state index >= 15 is 0 Å². The number of hydrogen-bond donors (Lipinski definition) is 0. The zero-order valence-corrected chi connectivity index (χ0v) is 44.7. The van der Waals surface area contributed by atoms with Crippen molar-refractivity contribution >= 4 is 50.0 Å². The van der Waals surface area contributed by atoms with Crippen LogP contribution in [0.4, 0.5) is 28.4 Å². The van der Waals surface area contributed by atoms with Gasteiger partial charge in [0.15, 0.2) is 0 Å². The van der Waals surface area contributed by atoms with Crippen molar-refractivity contribution in [2.24, 2.45) is 0 Å². The number of benzene rings is 12. The summed E-state index contributed by atoms with van der Waals surface area (Å²) < 4.78 is 0. The standard InChI is InChI=1S/C78H58N2/c1-3-17-53(18-4-1)55-33-37-57(38-34-55)63-25-15-27-65(49-63)77-69-47-45-68(80-75-31-13-9-23-61(75)43-44-62-24-10-14-32-76(62)80)52-72(69)78(66-28-16-26-64(50-66)58-39-35-56(36-40-58)54-19-5-2-6-20-54)70-48-46-67(51-71(70)77)79-73-29-11-7-21-59(73)41-42-60-22-8-12-30-74(60)79/h1-9,11-23,25-40,45-52H,10,24,41-44H2. The topological polar surface area (TPSA) is 6.48 Å². The summed E-state index contributed by atoms with van der Waals surface area (Å²) in [4.78, 5) is 5.10. The van der Waals surface area contributed by atoms with Gasteiger partial charge in [0.2, 0.25) is 0 Å². The van der Waals surface area contributed by atoms with Gasteiger partial charge < -0.3 is 9.80 Å². The number of hydrogen-bond acceptors (Lipinski definition) is 2. The maximum atomic E-state index is 2.57. The summed E-state index contributed by atoms with van der Waals surface area (Å²) in [5.41, 5.74) is 27.5. The molecule has 0 atom stereocenters. The molecule has 12 aromatic carbocycles. The Morgan fingerprint density at radius 3 is 1.11 bits per heavy atom. The second-order valence-corrected chi connectivity index (χ2v) is 21.7. The summed E-state index contributed by atoms with van der Waals surface area (Å²) in [6.07, 6.45) is 11.0. The first kappa shape index (κ1) is 47.5. The fraction of sp³-hybridized carbons (Fsp3) is 0.0769. The molecule has 2 aliphatic heterocycles. The van der Waals surface area contributed by atoms with Gasteiger partial charge in [0.05, 0.1) is 0 Å². The molecular formula is C78H58N2. The first-order valence-electron chi connectivity index (χ1n) is 28.5.